The molecule has 14 heavy (non-hydrogen) atoms. The third kappa shape index (κ3) is 2.11. The Balaban J connectivity index is 3.34. The summed E-state index contributed by atoms with van der Waals surface area (Å²) in [4.78, 5) is 10.9. The van der Waals surface area contributed by atoms with Gasteiger partial charge in [0, 0.05) is 6.26 Å². The first-order valence-corrected chi connectivity index (χ1v) is 5.75. The summed E-state index contributed by atoms with van der Waals surface area (Å²) in [5.41, 5.74) is 0.123. The normalized spacial score (nSPS) is 11.3. The number of ketones is 1. The zero-order valence-electron chi connectivity index (χ0n) is 7.81. The van der Waals surface area contributed by atoms with Crippen molar-refractivity contribution in [3.63, 3.8) is 0 Å². The van der Waals surface area contributed by atoms with E-state index in [1.54, 1.807) is 0 Å². The number of phenolic OH excluding ortho intramolecular Hbond substituents is 1. The number of sulfone groups is 1. The Hall–Kier alpha value is -1.36. The zero-order chi connectivity index (χ0) is 10.9. The first kappa shape index (κ1) is 10.7. The molecule has 1 aromatic rings. The van der Waals surface area contributed by atoms with E-state index in [9.17, 15) is 18.3 Å². The van der Waals surface area contributed by atoms with E-state index in [1.807, 2.05) is 0 Å². The molecule has 0 aliphatic rings. The van der Waals surface area contributed by atoms with Gasteiger partial charge < -0.3 is 5.11 Å². The largest absolute Gasteiger partial charge is 0.507 e. The molecule has 0 atom stereocenters. The predicted octanol–water partition coefficient (Wildman–Crippen LogP) is 0.998. The van der Waals surface area contributed by atoms with E-state index in [4.69, 9.17) is 0 Å². The third-order valence-electron chi connectivity index (χ3n) is 1.78. The maximum Gasteiger partial charge on any atom is 0.175 e. The van der Waals surface area contributed by atoms with Crippen molar-refractivity contribution in [1.82, 2.24) is 0 Å². The van der Waals surface area contributed by atoms with E-state index in [-0.39, 0.29) is 22.0 Å². The molecule has 76 valence electrons. The number of carbonyl (C=O) groups excluding carboxylic acids is 1. The molecule has 0 aliphatic heterocycles. The van der Waals surface area contributed by atoms with Gasteiger partial charge in [0.05, 0.1) is 10.5 Å². The Kier molecular flexibility index (Phi) is 2.62. The van der Waals surface area contributed by atoms with Crippen LogP contribution in [0.3, 0.4) is 0 Å². The monoisotopic (exact) mass is 214 g/mol. The summed E-state index contributed by atoms with van der Waals surface area (Å²) in [5, 5.41) is 9.34. The molecular weight excluding hydrogens is 204 g/mol. The fraction of sp³-hybridized carbons (Fsp3) is 0.222. The molecule has 0 heterocycles. The Morgan fingerprint density at radius 2 is 1.93 bits per heavy atom. The van der Waals surface area contributed by atoms with Gasteiger partial charge in [-0.05, 0) is 25.1 Å². The van der Waals surface area contributed by atoms with E-state index in [2.05, 4.69) is 0 Å². The van der Waals surface area contributed by atoms with Crippen molar-refractivity contribution in [2.24, 2.45) is 0 Å². The summed E-state index contributed by atoms with van der Waals surface area (Å²) in [7, 11) is -3.34. The van der Waals surface area contributed by atoms with E-state index in [0.29, 0.717) is 0 Å². The fourth-order valence-electron chi connectivity index (χ4n) is 1.04. The van der Waals surface area contributed by atoms with Crippen molar-refractivity contribution < 1.29 is 18.3 Å². The average molecular weight is 214 g/mol. The minimum absolute atomic E-state index is 0.000000000000000222. The van der Waals surface area contributed by atoms with Crippen LogP contribution < -0.4 is 0 Å². The van der Waals surface area contributed by atoms with Crippen LogP contribution in [0.1, 0.15) is 17.3 Å². The molecule has 0 spiro atoms. The van der Waals surface area contributed by atoms with E-state index in [0.717, 1.165) is 12.3 Å². The molecule has 0 bridgehead atoms. The molecule has 0 aromatic heterocycles. The number of hydrogen-bond donors (Lipinski definition) is 1. The number of aromatic hydroxyl groups is 1. The number of hydrogen-bond acceptors (Lipinski definition) is 4. The summed E-state index contributed by atoms with van der Waals surface area (Å²) in [5.74, 6) is -0.608. The highest BCUT2D eigenvalue weighted by atomic mass is 32.2. The predicted molar refractivity (Wildman–Crippen MR) is 51.2 cm³/mol. The number of Topliss-reactive ketones (excluding diaryl/α,β-unsaturated/α-hetero) is 1. The van der Waals surface area contributed by atoms with E-state index >= 15 is 0 Å². The molecule has 0 aliphatic carbocycles. The van der Waals surface area contributed by atoms with E-state index < -0.39 is 9.84 Å². The first-order chi connectivity index (χ1) is 6.32. The van der Waals surface area contributed by atoms with Gasteiger partial charge >= 0.3 is 0 Å². The molecule has 1 aromatic carbocycles. The minimum Gasteiger partial charge on any atom is -0.507 e. The molecule has 0 fully saturated rings. The molecule has 5 heteroatoms. The van der Waals surface area contributed by atoms with Crippen molar-refractivity contribution >= 4 is 15.6 Å². The van der Waals surface area contributed by atoms with E-state index in [1.165, 1.54) is 19.1 Å². The lowest BCUT2D eigenvalue weighted by molar-refractivity contribution is 0.101. The van der Waals surface area contributed by atoms with Crippen molar-refractivity contribution in [3.05, 3.63) is 23.8 Å². The lowest BCUT2D eigenvalue weighted by atomic mass is 10.1. The topological polar surface area (TPSA) is 71.4 Å². The molecule has 0 saturated carbocycles. The van der Waals surface area contributed by atoms with Gasteiger partial charge in [0.2, 0.25) is 0 Å². The van der Waals surface area contributed by atoms with Crippen molar-refractivity contribution in [2.45, 2.75) is 11.8 Å². The minimum atomic E-state index is -3.34. The van der Waals surface area contributed by atoms with Crippen LogP contribution in [0.15, 0.2) is 23.1 Å². The zero-order valence-corrected chi connectivity index (χ0v) is 8.63. The van der Waals surface area contributed by atoms with Crippen LogP contribution in [0.25, 0.3) is 0 Å². The van der Waals surface area contributed by atoms with Crippen LogP contribution in [0.4, 0.5) is 0 Å². The van der Waals surface area contributed by atoms with Crippen LogP contribution in [0.5, 0.6) is 5.75 Å². The van der Waals surface area contributed by atoms with Crippen molar-refractivity contribution in [3.8, 4) is 5.75 Å². The smallest absolute Gasteiger partial charge is 0.175 e. The van der Waals surface area contributed by atoms with Gasteiger partial charge in [0.25, 0.3) is 0 Å². The van der Waals surface area contributed by atoms with Crippen LogP contribution >= 0.6 is 0 Å². The van der Waals surface area contributed by atoms with Crippen LogP contribution in [0, 0.1) is 0 Å². The highest BCUT2D eigenvalue weighted by Gasteiger charge is 2.12. The SMILES string of the molecule is CC(=O)c1ccc(S(C)(=O)=O)cc1O. The second-order valence-corrected chi connectivity index (χ2v) is 5.02. The molecule has 0 amide bonds. The van der Waals surface area contributed by atoms with Crippen LogP contribution in [0.2, 0.25) is 0 Å². The van der Waals surface area contributed by atoms with Gasteiger partial charge in [0.15, 0.2) is 15.6 Å². The second-order valence-electron chi connectivity index (χ2n) is 3.01. The quantitative estimate of drug-likeness (QED) is 0.745. The summed E-state index contributed by atoms with van der Waals surface area (Å²) in [6, 6.07) is 3.67. The van der Waals surface area contributed by atoms with Gasteiger partial charge in [0.1, 0.15) is 5.75 Å². The van der Waals surface area contributed by atoms with Crippen LogP contribution in [-0.4, -0.2) is 25.6 Å². The first-order valence-electron chi connectivity index (χ1n) is 3.86. The summed E-state index contributed by atoms with van der Waals surface area (Å²) >= 11 is 0. The number of carbonyl (C=O) groups is 1. The van der Waals surface area contributed by atoms with Crippen molar-refractivity contribution in [1.29, 1.82) is 0 Å². The fourth-order valence-corrected chi connectivity index (χ4v) is 1.68. The third-order valence-corrected chi connectivity index (χ3v) is 2.89. The van der Waals surface area contributed by atoms with Gasteiger partial charge in [-0.25, -0.2) is 8.42 Å². The van der Waals surface area contributed by atoms with Gasteiger partial charge in [-0.3, -0.25) is 4.79 Å². The highest BCUT2D eigenvalue weighted by Crippen LogP contribution is 2.21. The Labute approximate surface area is 82.1 Å². The molecule has 0 saturated heterocycles. The van der Waals surface area contributed by atoms with Crippen LogP contribution in [-0.2, 0) is 9.84 Å². The Morgan fingerprint density at radius 3 is 2.29 bits per heavy atom. The molecule has 0 unspecified atom stereocenters. The molecule has 0 radical (unpaired) electrons. The van der Waals surface area contributed by atoms with Gasteiger partial charge in [-0.1, -0.05) is 0 Å². The number of rotatable bonds is 2. The van der Waals surface area contributed by atoms with Gasteiger partial charge in [-0.15, -0.1) is 0 Å². The molecule has 1 N–H and O–H groups in total. The average Bonchev–Trinajstić information content (AvgIpc) is 2.01. The highest BCUT2D eigenvalue weighted by molar-refractivity contribution is 7.90. The molecular formula is C9H10O4S. The Bertz CT molecular complexity index is 474. The van der Waals surface area contributed by atoms with Gasteiger partial charge in [-0.2, -0.15) is 0 Å². The molecule has 4 nitrogen and oxygen atoms in total. The second kappa shape index (κ2) is 3.42. The maximum atomic E-state index is 11.1. The molecule has 1 rings (SSSR count). The number of benzene rings is 1. The summed E-state index contributed by atoms with van der Waals surface area (Å²) in [6.45, 7) is 1.30. The Morgan fingerprint density at radius 1 is 1.36 bits per heavy atom. The maximum absolute atomic E-state index is 11.1. The number of phenols is 1. The summed E-state index contributed by atoms with van der Waals surface area (Å²) < 4.78 is 22.1. The summed E-state index contributed by atoms with van der Waals surface area (Å²) in [6.07, 6.45) is 1.04. The lowest BCUT2D eigenvalue weighted by Crippen LogP contribution is -1.99. The standard InChI is InChI=1S/C9H10O4S/c1-6(10)8-4-3-7(5-9(8)11)14(2,12)13/h3-5,11H,1-2H3. The lowest BCUT2D eigenvalue weighted by Gasteiger charge is -2.02. The van der Waals surface area contributed by atoms with Crippen molar-refractivity contribution in [2.75, 3.05) is 6.26 Å².